The summed E-state index contributed by atoms with van der Waals surface area (Å²) in [5.41, 5.74) is 8.29. The predicted octanol–water partition coefficient (Wildman–Crippen LogP) is 5.17. The van der Waals surface area contributed by atoms with Crippen LogP contribution in [0.5, 0.6) is 0 Å². The van der Waals surface area contributed by atoms with Gasteiger partial charge in [-0.15, -0.1) is 12.4 Å². The van der Waals surface area contributed by atoms with Crippen molar-refractivity contribution in [2.75, 3.05) is 31.6 Å². The molecule has 9 heteroatoms. The zero-order valence-corrected chi connectivity index (χ0v) is 22.2. The Labute approximate surface area is 208 Å². The molecule has 0 aliphatic rings. The number of nitrogens with two attached hydrogens (primary N) is 1. The number of anilines is 1. The van der Waals surface area contributed by atoms with Crippen molar-refractivity contribution in [3.63, 3.8) is 0 Å². The molecular formula is C25H36ClN2O5P. The first-order valence-corrected chi connectivity index (χ1v) is 13.1. The first-order chi connectivity index (χ1) is 15.7. The second-order valence-electron chi connectivity index (χ2n) is 8.51. The predicted molar refractivity (Wildman–Crippen MR) is 140 cm³/mol. The number of benzene rings is 2. The first kappa shape index (κ1) is 29.9. The van der Waals surface area contributed by atoms with E-state index in [1.807, 2.05) is 68.4 Å². The van der Waals surface area contributed by atoms with Gasteiger partial charge >= 0.3 is 5.97 Å². The molecule has 0 aromatic heterocycles. The van der Waals surface area contributed by atoms with Crippen molar-refractivity contribution in [3.8, 4) is 11.1 Å². The first-order valence-electron chi connectivity index (χ1n) is 11.1. The quantitative estimate of drug-likeness (QED) is 0.330. The molecule has 0 bridgehead atoms. The Bertz CT molecular complexity index is 961. The van der Waals surface area contributed by atoms with Crippen molar-refractivity contribution in [2.45, 2.75) is 33.2 Å². The summed E-state index contributed by atoms with van der Waals surface area (Å²) in [5, 5.41) is 0. The van der Waals surface area contributed by atoms with Crippen LogP contribution in [0.4, 0.5) is 5.69 Å². The van der Waals surface area contributed by atoms with E-state index in [-0.39, 0.29) is 36.7 Å². The van der Waals surface area contributed by atoms with E-state index in [4.69, 9.17) is 15.0 Å². The smallest absolute Gasteiger partial charge is 0.328 e. The van der Waals surface area contributed by atoms with Crippen LogP contribution >= 0.6 is 19.8 Å². The van der Waals surface area contributed by atoms with Crippen LogP contribution in [0.2, 0.25) is 0 Å². The summed E-state index contributed by atoms with van der Waals surface area (Å²) >= 11 is 0. The van der Waals surface area contributed by atoms with Gasteiger partial charge in [0.15, 0.2) is 0 Å². The minimum Gasteiger partial charge on any atom is -0.467 e. The molecule has 0 aliphatic heterocycles. The molecule has 0 aliphatic carbocycles. The van der Waals surface area contributed by atoms with E-state index in [1.54, 1.807) is 6.92 Å². The zero-order valence-electron chi connectivity index (χ0n) is 20.5. The van der Waals surface area contributed by atoms with E-state index in [9.17, 15) is 14.2 Å². The minimum absolute atomic E-state index is 0. The van der Waals surface area contributed by atoms with Crippen molar-refractivity contribution < 1.29 is 23.4 Å². The van der Waals surface area contributed by atoms with Crippen molar-refractivity contribution in [1.82, 2.24) is 0 Å². The highest BCUT2D eigenvalue weighted by atomic mass is 35.5. The lowest BCUT2D eigenvalue weighted by Crippen LogP contribution is -2.48. The third-order valence-corrected chi connectivity index (χ3v) is 7.85. The lowest BCUT2D eigenvalue weighted by molar-refractivity contribution is -0.143. The average molecular weight is 511 g/mol. The average Bonchev–Trinajstić information content (AvgIpc) is 2.83. The molecule has 2 unspecified atom stereocenters. The van der Waals surface area contributed by atoms with E-state index in [0.717, 1.165) is 11.1 Å². The van der Waals surface area contributed by atoms with Crippen LogP contribution in [-0.4, -0.2) is 44.6 Å². The number of nitrogens with zero attached hydrogens (tertiary/aromatic N) is 1. The highest BCUT2D eigenvalue weighted by Gasteiger charge is 2.37. The Kier molecular flexibility index (Phi) is 12.0. The van der Waals surface area contributed by atoms with E-state index < -0.39 is 25.3 Å². The Hall–Kier alpha value is -2.18. The molecule has 2 aromatic carbocycles. The van der Waals surface area contributed by atoms with Crippen LogP contribution in [-0.2, 0) is 23.4 Å². The fourth-order valence-corrected chi connectivity index (χ4v) is 5.27. The molecule has 34 heavy (non-hydrogen) atoms. The number of rotatable bonds is 11. The number of hydrogen-bond acceptors (Lipinski definition) is 6. The van der Waals surface area contributed by atoms with Crippen LogP contribution in [0.25, 0.3) is 11.1 Å². The molecule has 3 atom stereocenters. The molecule has 0 spiro atoms. The lowest BCUT2D eigenvalue weighted by Gasteiger charge is -2.33. The standard InChI is InChI=1S/C25H35N2O5P.ClH/c1-18(2)15-22(16-33(30,17-26)32-5)24(28)27(19(3)25(29)31-4)23-13-11-21(12-14-23)20-9-7-6-8-10-20;/h6-14,18-19,22H,15-17,26H2,1-5H3;1H/t19-,22?,33?;/m0./s1. The van der Waals surface area contributed by atoms with Gasteiger partial charge in [0.1, 0.15) is 6.04 Å². The van der Waals surface area contributed by atoms with Crippen LogP contribution < -0.4 is 10.6 Å². The number of methoxy groups -OCH3 is 1. The fourth-order valence-electron chi connectivity index (χ4n) is 3.84. The van der Waals surface area contributed by atoms with Crippen molar-refractivity contribution in [2.24, 2.45) is 17.6 Å². The molecule has 2 rings (SSSR count). The largest absolute Gasteiger partial charge is 0.467 e. The zero-order chi connectivity index (χ0) is 24.6. The normalized spacial score (nSPS) is 14.4. The second kappa shape index (κ2) is 13.6. The summed E-state index contributed by atoms with van der Waals surface area (Å²) in [5.74, 6) is -1.30. The highest BCUT2D eigenvalue weighted by molar-refractivity contribution is 7.58. The van der Waals surface area contributed by atoms with Crippen molar-refractivity contribution >= 4 is 37.3 Å². The van der Waals surface area contributed by atoms with Crippen LogP contribution in [0, 0.1) is 11.8 Å². The Morgan fingerprint density at radius 2 is 1.53 bits per heavy atom. The summed E-state index contributed by atoms with van der Waals surface area (Å²) in [6.07, 6.45) is 0.353. The number of carbonyl (C=O) groups is 2. The summed E-state index contributed by atoms with van der Waals surface area (Å²) in [6, 6.07) is 16.5. The molecule has 0 heterocycles. The number of amides is 1. The van der Waals surface area contributed by atoms with Gasteiger partial charge in [-0.3, -0.25) is 14.3 Å². The number of ether oxygens (including phenoxy) is 1. The Balaban J connectivity index is 0.00000578. The molecule has 188 valence electrons. The summed E-state index contributed by atoms with van der Waals surface area (Å²) in [4.78, 5) is 27.7. The molecule has 0 saturated heterocycles. The fraction of sp³-hybridized carbons (Fsp3) is 0.440. The van der Waals surface area contributed by atoms with Gasteiger partial charge in [0, 0.05) is 24.9 Å². The number of carbonyl (C=O) groups excluding carboxylic acids is 2. The topological polar surface area (TPSA) is 98.9 Å². The molecule has 2 N–H and O–H groups in total. The Morgan fingerprint density at radius 3 is 2.00 bits per heavy atom. The van der Waals surface area contributed by atoms with E-state index in [0.29, 0.717) is 12.1 Å². The monoisotopic (exact) mass is 510 g/mol. The van der Waals surface area contributed by atoms with Crippen molar-refractivity contribution in [1.29, 1.82) is 0 Å². The van der Waals surface area contributed by atoms with Gasteiger partial charge in [-0.1, -0.05) is 56.3 Å². The van der Waals surface area contributed by atoms with Gasteiger partial charge in [0.05, 0.1) is 13.4 Å². The second-order valence-corrected chi connectivity index (χ2v) is 11.2. The van der Waals surface area contributed by atoms with E-state index in [1.165, 1.54) is 19.1 Å². The summed E-state index contributed by atoms with van der Waals surface area (Å²) in [6.45, 7) is 5.60. The summed E-state index contributed by atoms with van der Waals surface area (Å²) in [7, 11) is -0.534. The molecule has 1 amide bonds. The Morgan fingerprint density at radius 1 is 0.971 bits per heavy atom. The maximum atomic E-state index is 13.8. The molecule has 0 radical (unpaired) electrons. The maximum absolute atomic E-state index is 13.8. The third-order valence-electron chi connectivity index (χ3n) is 5.63. The maximum Gasteiger partial charge on any atom is 0.328 e. The molecule has 0 fully saturated rings. The van der Waals surface area contributed by atoms with Crippen molar-refractivity contribution in [3.05, 3.63) is 54.6 Å². The van der Waals surface area contributed by atoms with Gasteiger partial charge < -0.3 is 15.0 Å². The van der Waals surface area contributed by atoms with Gasteiger partial charge in [0.2, 0.25) is 13.3 Å². The third kappa shape index (κ3) is 7.67. The van der Waals surface area contributed by atoms with Crippen LogP contribution in [0.1, 0.15) is 27.2 Å². The van der Waals surface area contributed by atoms with Crippen LogP contribution in [0.15, 0.2) is 54.6 Å². The number of esters is 1. The SMILES string of the molecule is COC(=O)[C@H](C)N(C(=O)C(CC(C)C)CP(=O)(CN)OC)c1ccc(-c2ccccc2)cc1.Cl. The molecule has 0 saturated carbocycles. The minimum atomic E-state index is -3.17. The lowest BCUT2D eigenvalue weighted by atomic mass is 9.96. The molecule has 7 nitrogen and oxygen atoms in total. The number of hydrogen-bond donors (Lipinski definition) is 1. The van der Waals surface area contributed by atoms with E-state index in [2.05, 4.69) is 0 Å². The van der Waals surface area contributed by atoms with E-state index >= 15 is 0 Å². The van der Waals surface area contributed by atoms with Gasteiger partial charge in [-0.05, 0) is 42.5 Å². The highest BCUT2D eigenvalue weighted by Crippen LogP contribution is 2.47. The van der Waals surface area contributed by atoms with Gasteiger partial charge in [0.25, 0.3) is 0 Å². The summed E-state index contributed by atoms with van der Waals surface area (Å²) < 4.78 is 23.1. The van der Waals surface area contributed by atoms with Gasteiger partial charge in [-0.25, -0.2) is 4.79 Å². The number of halogens is 1. The molecule has 2 aromatic rings. The molecular weight excluding hydrogens is 475 g/mol. The van der Waals surface area contributed by atoms with Gasteiger partial charge in [-0.2, -0.15) is 0 Å². The van der Waals surface area contributed by atoms with Crippen LogP contribution in [0.3, 0.4) is 0 Å².